The van der Waals surface area contributed by atoms with Crippen LogP contribution >= 0.6 is 11.3 Å². The van der Waals surface area contributed by atoms with Crippen molar-refractivity contribution in [1.82, 2.24) is 20.8 Å². The van der Waals surface area contributed by atoms with E-state index in [1.54, 1.807) is 18.2 Å². The molecule has 0 bridgehead atoms. The molecule has 0 aliphatic heterocycles. The lowest BCUT2D eigenvalue weighted by Gasteiger charge is -2.13. The first kappa shape index (κ1) is 19.3. The smallest absolute Gasteiger partial charge is 0.280 e. The van der Waals surface area contributed by atoms with Gasteiger partial charge >= 0.3 is 0 Å². The number of nitrogens with one attached hydrogen (secondary N) is 2. The number of amides is 2. The van der Waals surface area contributed by atoms with Gasteiger partial charge in [-0.2, -0.15) is 0 Å². The molecule has 1 aliphatic carbocycles. The van der Waals surface area contributed by atoms with Gasteiger partial charge in [0.05, 0.1) is 10.6 Å². The Bertz CT molecular complexity index is 1120. The SMILES string of the molecule is Cc1nc(C2CC2)nc2sc(C(=O)NNC(=O)c3cccc(N(C)C)c3)c(C)c12. The van der Waals surface area contributed by atoms with Crippen LogP contribution in [0, 0.1) is 13.8 Å². The molecule has 150 valence electrons. The number of aryl methyl sites for hydroxylation is 2. The largest absolute Gasteiger partial charge is 0.378 e. The van der Waals surface area contributed by atoms with Crippen LogP contribution in [-0.4, -0.2) is 35.9 Å². The molecule has 3 aromatic rings. The van der Waals surface area contributed by atoms with Crippen molar-refractivity contribution in [3.05, 3.63) is 51.8 Å². The summed E-state index contributed by atoms with van der Waals surface area (Å²) in [7, 11) is 3.81. The first-order chi connectivity index (χ1) is 13.8. The quantitative estimate of drug-likeness (QED) is 0.646. The molecule has 1 aliphatic rings. The molecule has 2 N–H and O–H groups in total. The van der Waals surface area contributed by atoms with Crippen LogP contribution in [0.15, 0.2) is 24.3 Å². The maximum atomic E-state index is 12.7. The molecule has 0 atom stereocenters. The van der Waals surface area contributed by atoms with E-state index in [0.717, 1.165) is 45.8 Å². The molecule has 2 heterocycles. The van der Waals surface area contributed by atoms with Crippen LogP contribution in [0.3, 0.4) is 0 Å². The van der Waals surface area contributed by atoms with Crippen molar-refractivity contribution in [2.24, 2.45) is 0 Å². The van der Waals surface area contributed by atoms with E-state index in [1.807, 2.05) is 38.9 Å². The number of nitrogens with zero attached hydrogens (tertiary/aromatic N) is 3. The van der Waals surface area contributed by atoms with Crippen LogP contribution < -0.4 is 15.8 Å². The Morgan fingerprint density at radius 2 is 1.83 bits per heavy atom. The summed E-state index contributed by atoms with van der Waals surface area (Å²) in [4.78, 5) is 37.7. The number of carbonyl (C=O) groups is 2. The van der Waals surface area contributed by atoms with E-state index in [2.05, 4.69) is 20.8 Å². The molecule has 1 fully saturated rings. The van der Waals surface area contributed by atoms with E-state index in [4.69, 9.17) is 0 Å². The first-order valence-electron chi connectivity index (χ1n) is 9.51. The van der Waals surface area contributed by atoms with Gasteiger partial charge in [-0.05, 0) is 50.5 Å². The highest BCUT2D eigenvalue weighted by molar-refractivity contribution is 7.20. The summed E-state index contributed by atoms with van der Waals surface area (Å²) in [5.74, 6) is 0.607. The molecule has 0 saturated heterocycles. The Morgan fingerprint density at radius 1 is 1.10 bits per heavy atom. The van der Waals surface area contributed by atoms with Crippen LogP contribution in [0.5, 0.6) is 0 Å². The van der Waals surface area contributed by atoms with Gasteiger partial charge in [0.25, 0.3) is 11.8 Å². The third-order valence-corrected chi connectivity index (χ3v) is 6.24. The van der Waals surface area contributed by atoms with Gasteiger partial charge in [0.15, 0.2) is 0 Å². The van der Waals surface area contributed by atoms with E-state index in [0.29, 0.717) is 16.4 Å². The van der Waals surface area contributed by atoms with Crippen LogP contribution in [-0.2, 0) is 0 Å². The molecule has 29 heavy (non-hydrogen) atoms. The maximum Gasteiger partial charge on any atom is 0.280 e. The predicted molar refractivity (Wildman–Crippen MR) is 115 cm³/mol. The number of fused-ring (bicyclic) bond motifs is 1. The van der Waals surface area contributed by atoms with Gasteiger partial charge < -0.3 is 4.90 Å². The molecular weight excluding hydrogens is 386 g/mol. The van der Waals surface area contributed by atoms with Gasteiger partial charge in [-0.25, -0.2) is 9.97 Å². The molecule has 0 unspecified atom stereocenters. The van der Waals surface area contributed by atoms with Crippen molar-refractivity contribution in [3.63, 3.8) is 0 Å². The fourth-order valence-corrected chi connectivity index (χ4v) is 4.40. The number of rotatable bonds is 4. The van der Waals surface area contributed by atoms with Gasteiger partial charge in [-0.15, -0.1) is 11.3 Å². The lowest BCUT2D eigenvalue weighted by atomic mass is 10.1. The highest BCUT2D eigenvalue weighted by Gasteiger charge is 2.28. The normalized spacial score (nSPS) is 13.4. The summed E-state index contributed by atoms with van der Waals surface area (Å²) >= 11 is 1.34. The van der Waals surface area contributed by atoms with Crippen molar-refractivity contribution in [1.29, 1.82) is 0 Å². The minimum absolute atomic E-state index is 0.352. The number of hydrogen-bond donors (Lipinski definition) is 2. The summed E-state index contributed by atoms with van der Waals surface area (Å²) in [6.07, 6.45) is 2.26. The van der Waals surface area contributed by atoms with Gasteiger partial charge in [0.1, 0.15) is 10.7 Å². The molecule has 7 nitrogen and oxygen atoms in total. The zero-order chi connectivity index (χ0) is 20.7. The number of hydrogen-bond acceptors (Lipinski definition) is 6. The van der Waals surface area contributed by atoms with Crippen molar-refractivity contribution >= 4 is 39.1 Å². The van der Waals surface area contributed by atoms with Gasteiger partial charge in [0.2, 0.25) is 0 Å². The Morgan fingerprint density at radius 3 is 2.52 bits per heavy atom. The highest BCUT2D eigenvalue weighted by atomic mass is 32.1. The van der Waals surface area contributed by atoms with Crippen molar-refractivity contribution in [3.8, 4) is 0 Å². The number of anilines is 1. The fourth-order valence-electron chi connectivity index (χ4n) is 3.27. The zero-order valence-electron chi connectivity index (χ0n) is 16.9. The average Bonchev–Trinajstić information content (AvgIpc) is 3.49. The molecule has 2 amide bonds. The molecule has 0 radical (unpaired) electrons. The molecule has 1 saturated carbocycles. The second kappa shape index (κ2) is 7.44. The first-order valence-corrected chi connectivity index (χ1v) is 10.3. The van der Waals surface area contributed by atoms with Gasteiger partial charge in [-0.3, -0.25) is 20.4 Å². The highest BCUT2D eigenvalue weighted by Crippen LogP contribution is 2.40. The zero-order valence-corrected chi connectivity index (χ0v) is 17.7. The summed E-state index contributed by atoms with van der Waals surface area (Å²) in [5.41, 5.74) is 8.15. The Kier molecular flexibility index (Phi) is 4.96. The number of carbonyl (C=O) groups excluding carboxylic acids is 2. The van der Waals surface area contributed by atoms with Crippen molar-refractivity contribution in [2.45, 2.75) is 32.6 Å². The molecule has 4 rings (SSSR count). The fraction of sp³-hybridized carbons (Fsp3) is 0.333. The summed E-state index contributed by atoms with van der Waals surface area (Å²) in [6, 6.07) is 7.19. The van der Waals surface area contributed by atoms with Crippen LogP contribution in [0.25, 0.3) is 10.2 Å². The molecule has 8 heteroatoms. The third-order valence-electron chi connectivity index (χ3n) is 5.05. The minimum atomic E-state index is -0.368. The van der Waals surface area contributed by atoms with Crippen LogP contribution in [0.4, 0.5) is 5.69 Å². The van der Waals surface area contributed by atoms with Gasteiger partial charge in [0, 0.05) is 36.7 Å². The monoisotopic (exact) mass is 409 g/mol. The second-order valence-electron chi connectivity index (χ2n) is 7.53. The molecule has 0 spiro atoms. The molecular formula is C21H23N5O2S. The predicted octanol–water partition coefficient (Wildman–Crippen LogP) is 3.33. The van der Waals surface area contributed by atoms with Crippen molar-refractivity contribution in [2.75, 3.05) is 19.0 Å². The van der Waals surface area contributed by atoms with E-state index >= 15 is 0 Å². The van der Waals surface area contributed by atoms with E-state index in [9.17, 15) is 9.59 Å². The Labute approximate surface area is 173 Å². The average molecular weight is 410 g/mol. The molecule has 2 aromatic heterocycles. The number of thiophene rings is 1. The second-order valence-corrected chi connectivity index (χ2v) is 8.53. The standard InChI is InChI=1S/C21H23N5O2S/c1-11-16-12(2)22-18(13-8-9-13)23-21(16)29-17(11)20(28)25-24-19(27)14-6-5-7-15(10-14)26(3)4/h5-7,10,13H,8-9H2,1-4H3,(H,24,27)(H,25,28). The Hall–Kier alpha value is -3.00. The molecule has 1 aromatic carbocycles. The van der Waals surface area contributed by atoms with Gasteiger partial charge in [-0.1, -0.05) is 6.07 Å². The van der Waals surface area contributed by atoms with E-state index < -0.39 is 0 Å². The third kappa shape index (κ3) is 3.80. The van der Waals surface area contributed by atoms with Crippen LogP contribution in [0.2, 0.25) is 0 Å². The number of aromatic nitrogens is 2. The van der Waals surface area contributed by atoms with E-state index in [-0.39, 0.29) is 11.8 Å². The summed E-state index contributed by atoms with van der Waals surface area (Å²) in [6.45, 7) is 3.85. The van der Waals surface area contributed by atoms with Crippen LogP contribution in [0.1, 0.15) is 55.9 Å². The summed E-state index contributed by atoms with van der Waals surface area (Å²) in [5, 5.41) is 0.926. The topological polar surface area (TPSA) is 87.2 Å². The minimum Gasteiger partial charge on any atom is -0.378 e. The summed E-state index contributed by atoms with van der Waals surface area (Å²) < 4.78 is 0. The lowest BCUT2D eigenvalue weighted by Crippen LogP contribution is -2.41. The Balaban J connectivity index is 1.52. The van der Waals surface area contributed by atoms with Crippen molar-refractivity contribution < 1.29 is 9.59 Å². The number of benzene rings is 1. The van der Waals surface area contributed by atoms with E-state index in [1.165, 1.54) is 11.3 Å². The number of hydrazine groups is 1. The maximum absolute atomic E-state index is 12.7. The lowest BCUT2D eigenvalue weighted by molar-refractivity contribution is 0.0848.